The normalized spacial score (nSPS) is 28.6. The standard InChI is InChI=1S/C15H30N4O.HI/c1-12(2)18-6-4-5-14(11-18)9-17-15(16)19-7-8-20-13(3)10-19;/h12-14H,4-11H2,1-3H3,(H2,16,17);1H. The lowest BCUT2D eigenvalue weighted by Gasteiger charge is -2.35. The minimum Gasteiger partial charge on any atom is -0.375 e. The topological polar surface area (TPSA) is 54.1 Å². The van der Waals surface area contributed by atoms with E-state index in [9.17, 15) is 0 Å². The van der Waals surface area contributed by atoms with Crippen LogP contribution in [0.2, 0.25) is 0 Å². The van der Waals surface area contributed by atoms with Crippen molar-refractivity contribution in [1.29, 1.82) is 0 Å². The molecule has 0 aromatic carbocycles. The molecule has 2 rings (SSSR count). The molecule has 5 nitrogen and oxygen atoms in total. The molecule has 0 saturated carbocycles. The van der Waals surface area contributed by atoms with E-state index < -0.39 is 0 Å². The lowest BCUT2D eigenvalue weighted by Crippen LogP contribution is -2.48. The largest absolute Gasteiger partial charge is 0.375 e. The van der Waals surface area contributed by atoms with Crippen LogP contribution < -0.4 is 5.73 Å². The molecule has 0 aromatic heterocycles. The second kappa shape index (κ2) is 9.15. The highest BCUT2D eigenvalue weighted by Crippen LogP contribution is 2.18. The average Bonchev–Trinajstić information content (AvgIpc) is 2.45. The number of piperidine rings is 1. The van der Waals surface area contributed by atoms with E-state index in [4.69, 9.17) is 10.5 Å². The van der Waals surface area contributed by atoms with Crippen molar-refractivity contribution in [3.05, 3.63) is 0 Å². The van der Waals surface area contributed by atoms with Crippen molar-refractivity contribution in [3.8, 4) is 0 Å². The third-order valence-electron chi connectivity index (χ3n) is 4.36. The van der Waals surface area contributed by atoms with Crippen molar-refractivity contribution in [2.45, 2.75) is 45.8 Å². The molecule has 2 fully saturated rings. The third kappa shape index (κ3) is 5.90. The lowest BCUT2D eigenvalue weighted by atomic mass is 9.97. The van der Waals surface area contributed by atoms with Crippen molar-refractivity contribution in [3.63, 3.8) is 0 Å². The SMILES string of the molecule is CC1CN(C(N)=NCC2CCCN(C(C)C)C2)CCO1.I. The second-order valence-electron chi connectivity index (χ2n) is 6.42. The Morgan fingerprint density at radius 2 is 2.10 bits per heavy atom. The van der Waals surface area contributed by atoms with Crippen molar-refractivity contribution >= 4 is 29.9 Å². The Morgan fingerprint density at radius 1 is 1.33 bits per heavy atom. The molecule has 2 unspecified atom stereocenters. The first-order chi connectivity index (χ1) is 9.56. The molecule has 0 aliphatic carbocycles. The molecule has 124 valence electrons. The fourth-order valence-corrected chi connectivity index (χ4v) is 3.06. The molecule has 2 aliphatic rings. The van der Waals surface area contributed by atoms with Crippen LogP contribution in [0.25, 0.3) is 0 Å². The first-order valence-electron chi connectivity index (χ1n) is 7.96. The van der Waals surface area contributed by atoms with Gasteiger partial charge in [-0.2, -0.15) is 0 Å². The molecule has 2 heterocycles. The number of rotatable bonds is 3. The number of aliphatic imine (C=N–C) groups is 1. The molecule has 2 aliphatic heterocycles. The van der Waals surface area contributed by atoms with Gasteiger partial charge in [0, 0.05) is 32.2 Å². The Labute approximate surface area is 146 Å². The van der Waals surface area contributed by atoms with Crippen molar-refractivity contribution in [2.24, 2.45) is 16.6 Å². The van der Waals surface area contributed by atoms with Crippen LogP contribution in [0.3, 0.4) is 0 Å². The summed E-state index contributed by atoms with van der Waals surface area (Å²) in [6.07, 6.45) is 2.82. The molecule has 2 saturated heterocycles. The molecule has 0 bridgehead atoms. The van der Waals surface area contributed by atoms with E-state index in [2.05, 4.69) is 35.6 Å². The summed E-state index contributed by atoms with van der Waals surface area (Å²) in [5.41, 5.74) is 6.13. The molecular weight excluding hydrogens is 379 g/mol. The molecule has 0 spiro atoms. The maximum Gasteiger partial charge on any atom is 0.191 e. The average molecular weight is 410 g/mol. The van der Waals surface area contributed by atoms with E-state index in [0.29, 0.717) is 17.9 Å². The number of morpholine rings is 1. The van der Waals surface area contributed by atoms with Crippen LogP contribution >= 0.6 is 24.0 Å². The number of nitrogens with two attached hydrogens (primary N) is 1. The van der Waals surface area contributed by atoms with Crippen LogP contribution in [0.4, 0.5) is 0 Å². The van der Waals surface area contributed by atoms with Gasteiger partial charge >= 0.3 is 0 Å². The van der Waals surface area contributed by atoms with E-state index in [1.54, 1.807) is 0 Å². The summed E-state index contributed by atoms with van der Waals surface area (Å²) in [6, 6.07) is 0.638. The number of hydrogen-bond donors (Lipinski definition) is 1. The van der Waals surface area contributed by atoms with Gasteiger partial charge in [-0.3, -0.25) is 4.99 Å². The maximum atomic E-state index is 6.13. The molecule has 6 heteroatoms. The zero-order chi connectivity index (χ0) is 14.5. The predicted octanol–water partition coefficient (Wildman–Crippen LogP) is 1.76. The highest BCUT2D eigenvalue weighted by atomic mass is 127. The summed E-state index contributed by atoms with van der Waals surface area (Å²) >= 11 is 0. The van der Waals surface area contributed by atoms with Crippen LogP contribution in [0.1, 0.15) is 33.6 Å². The Kier molecular flexibility index (Phi) is 8.26. The number of nitrogens with zero attached hydrogens (tertiary/aromatic N) is 3. The number of hydrogen-bond acceptors (Lipinski definition) is 3. The minimum absolute atomic E-state index is 0. The molecular formula is C15H31IN4O. The zero-order valence-electron chi connectivity index (χ0n) is 13.6. The Balaban J connectivity index is 0.00000220. The molecule has 0 aromatic rings. The van der Waals surface area contributed by atoms with Crippen LogP contribution in [0, 0.1) is 5.92 Å². The quantitative estimate of drug-likeness (QED) is 0.438. The van der Waals surface area contributed by atoms with Crippen molar-refractivity contribution in [2.75, 3.05) is 39.3 Å². The first-order valence-corrected chi connectivity index (χ1v) is 7.96. The first kappa shape index (κ1) is 19.0. The summed E-state index contributed by atoms with van der Waals surface area (Å²) in [6.45, 7) is 12.4. The van der Waals surface area contributed by atoms with Gasteiger partial charge in [0.15, 0.2) is 5.96 Å². The molecule has 0 amide bonds. The molecule has 2 N–H and O–H groups in total. The van der Waals surface area contributed by atoms with E-state index in [0.717, 1.165) is 32.8 Å². The van der Waals surface area contributed by atoms with E-state index in [1.807, 2.05) is 0 Å². The molecule has 0 radical (unpaired) electrons. The predicted molar refractivity (Wildman–Crippen MR) is 98.3 cm³/mol. The molecule has 21 heavy (non-hydrogen) atoms. The second-order valence-corrected chi connectivity index (χ2v) is 6.42. The monoisotopic (exact) mass is 410 g/mol. The minimum atomic E-state index is 0. The van der Waals surface area contributed by atoms with Crippen molar-refractivity contribution < 1.29 is 4.74 Å². The number of likely N-dealkylation sites (tertiary alicyclic amines) is 1. The van der Waals surface area contributed by atoms with Gasteiger partial charge in [0.2, 0.25) is 0 Å². The van der Waals surface area contributed by atoms with Gasteiger partial charge < -0.3 is 20.3 Å². The number of halogens is 1. The maximum absolute atomic E-state index is 6.13. The van der Waals surface area contributed by atoms with Crippen molar-refractivity contribution in [1.82, 2.24) is 9.80 Å². The molecule has 2 atom stereocenters. The lowest BCUT2D eigenvalue weighted by molar-refractivity contribution is 0.00524. The summed E-state index contributed by atoms with van der Waals surface area (Å²) in [7, 11) is 0. The number of guanidine groups is 1. The van der Waals surface area contributed by atoms with Gasteiger partial charge in [0.25, 0.3) is 0 Å². The van der Waals surface area contributed by atoms with Gasteiger partial charge in [0.05, 0.1) is 12.7 Å². The highest BCUT2D eigenvalue weighted by Gasteiger charge is 2.22. The third-order valence-corrected chi connectivity index (χ3v) is 4.36. The summed E-state index contributed by atoms with van der Waals surface area (Å²) in [4.78, 5) is 9.34. The van der Waals surface area contributed by atoms with Crippen LogP contribution in [-0.4, -0.2) is 67.2 Å². The summed E-state index contributed by atoms with van der Waals surface area (Å²) in [5, 5.41) is 0. The zero-order valence-corrected chi connectivity index (χ0v) is 16.0. The summed E-state index contributed by atoms with van der Waals surface area (Å²) < 4.78 is 5.53. The summed E-state index contributed by atoms with van der Waals surface area (Å²) in [5.74, 6) is 1.35. The highest BCUT2D eigenvalue weighted by molar-refractivity contribution is 14.0. The van der Waals surface area contributed by atoms with E-state index in [-0.39, 0.29) is 30.1 Å². The fraction of sp³-hybridized carbons (Fsp3) is 0.933. The fourth-order valence-electron chi connectivity index (χ4n) is 3.06. The van der Waals surface area contributed by atoms with Gasteiger partial charge in [-0.25, -0.2) is 0 Å². The van der Waals surface area contributed by atoms with Crippen LogP contribution in [-0.2, 0) is 4.74 Å². The van der Waals surface area contributed by atoms with Crippen LogP contribution in [0.15, 0.2) is 4.99 Å². The Morgan fingerprint density at radius 3 is 2.76 bits per heavy atom. The van der Waals surface area contributed by atoms with E-state index >= 15 is 0 Å². The van der Waals surface area contributed by atoms with Gasteiger partial charge in [-0.1, -0.05) is 0 Å². The smallest absolute Gasteiger partial charge is 0.191 e. The van der Waals surface area contributed by atoms with Gasteiger partial charge in [-0.15, -0.1) is 24.0 Å². The number of ether oxygens (including phenoxy) is 1. The van der Waals surface area contributed by atoms with Gasteiger partial charge in [-0.05, 0) is 46.1 Å². The Hall–Kier alpha value is -0.0800. The van der Waals surface area contributed by atoms with Crippen LogP contribution in [0.5, 0.6) is 0 Å². The Bertz CT molecular complexity index is 338. The van der Waals surface area contributed by atoms with Gasteiger partial charge in [0.1, 0.15) is 0 Å². The van der Waals surface area contributed by atoms with E-state index in [1.165, 1.54) is 19.4 Å².